The Morgan fingerprint density at radius 3 is 2.42 bits per heavy atom. The lowest BCUT2D eigenvalue weighted by Crippen LogP contribution is -2.21. The molecule has 33 heavy (non-hydrogen) atoms. The van der Waals surface area contributed by atoms with Gasteiger partial charge in [-0.15, -0.1) is 0 Å². The fraction of sp³-hybridized carbons (Fsp3) is 0.273. The number of amides is 2. The zero-order valence-electron chi connectivity index (χ0n) is 18.1. The minimum atomic E-state index is -0.761. The minimum Gasteiger partial charge on any atom is -0.497 e. The van der Waals surface area contributed by atoms with Crippen molar-refractivity contribution in [2.24, 2.45) is 0 Å². The molecule has 11 heteroatoms. The SMILES string of the molecule is COc1ccc([N+](=O)[O-])c(NC(=O)COC(=O)CCCC(=O)Nc2cccc(C(C)=O)c2)c1. The van der Waals surface area contributed by atoms with E-state index in [1.54, 1.807) is 24.3 Å². The fourth-order valence-corrected chi connectivity index (χ4v) is 2.74. The molecule has 0 fully saturated rings. The molecule has 2 aromatic carbocycles. The van der Waals surface area contributed by atoms with Gasteiger partial charge in [0.1, 0.15) is 11.4 Å². The predicted molar refractivity (Wildman–Crippen MR) is 118 cm³/mol. The van der Waals surface area contributed by atoms with Gasteiger partial charge in [-0.2, -0.15) is 0 Å². The second-order valence-corrected chi connectivity index (χ2v) is 6.89. The normalized spacial score (nSPS) is 10.1. The molecule has 0 aromatic heterocycles. The number of rotatable bonds is 11. The molecular weight excluding hydrogens is 434 g/mol. The highest BCUT2D eigenvalue weighted by Gasteiger charge is 2.18. The van der Waals surface area contributed by atoms with Crippen molar-refractivity contribution < 1.29 is 33.6 Å². The van der Waals surface area contributed by atoms with Gasteiger partial charge in [0.05, 0.1) is 12.0 Å². The van der Waals surface area contributed by atoms with Crippen LogP contribution in [0.15, 0.2) is 42.5 Å². The van der Waals surface area contributed by atoms with Crippen LogP contribution in [0.2, 0.25) is 0 Å². The van der Waals surface area contributed by atoms with Gasteiger partial charge in [-0.05, 0) is 31.5 Å². The Bertz CT molecular complexity index is 1070. The van der Waals surface area contributed by atoms with E-state index >= 15 is 0 Å². The van der Waals surface area contributed by atoms with Gasteiger partial charge >= 0.3 is 5.97 Å². The number of methoxy groups -OCH3 is 1. The molecule has 0 radical (unpaired) electrons. The van der Waals surface area contributed by atoms with Crippen LogP contribution >= 0.6 is 0 Å². The maximum Gasteiger partial charge on any atom is 0.306 e. The molecule has 0 unspecified atom stereocenters. The highest BCUT2D eigenvalue weighted by Crippen LogP contribution is 2.28. The average Bonchev–Trinajstić information content (AvgIpc) is 2.77. The van der Waals surface area contributed by atoms with E-state index in [1.807, 2.05) is 0 Å². The smallest absolute Gasteiger partial charge is 0.306 e. The number of carbonyl (C=O) groups is 4. The highest BCUT2D eigenvalue weighted by molar-refractivity contribution is 5.97. The number of nitrogens with zero attached hydrogens (tertiary/aromatic N) is 1. The first-order valence-electron chi connectivity index (χ1n) is 9.88. The van der Waals surface area contributed by atoms with E-state index in [2.05, 4.69) is 10.6 Å². The summed E-state index contributed by atoms with van der Waals surface area (Å²) in [7, 11) is 1.37. The van der Waals surface area contributed by atoms with Gasteiger partial charge in [-0.3, -0.25) is 29.3 Å². The molecule has 0 bridgehead atoms. The number of hydrogen-bond acceptors (Lipinski definition) is 8. The number of nitrogens with one attached hydrogen (secondary N) is 2. The third-order valence-corrected chi connectivity index (χ3v) is 4.38. The quantitative estimate of drug-likeness (QED) is 0.226. The molecule has 11 nitrogen and oxygen atoms in total. The maximum absolute atomic E-state index is 12.0. The lowest BCUT2D eigenvalue weighted by molar-refractivity contribution is -0.383. The largest absolute Gasteiger partial charge is 0.497 e. The molecule has 2 N–H and O–H groups in total. The summed E-state index contributed by atoms with van der Waals surface area (Å²) in [5.41, 5.74) is 0.508. The van der Waals surface area contributed by atoms with E-state index in [0.717, 1.165) is 0 Å². The number of ketones is 1. The Labute approximate surface area is 189 Å². The molecule has 0 aliphatic rings. The Kier molecular flexibility index (Phi) is 9.04. The van der Waals surface area contributed by atoms with Crippen LogP contribution < -0.4 is 15.4 Å². The molecule has 2 amide bonds. The summed E-state index contributed by atoms with van der Waals surface area (Å²) in [6.07, 6.45) is 0.106. The van der Waals surface area contributed by atoms with Crippen molar-refractivity contribution in [1.29, 1.82) is 0 Å². The van der Waals surface area contributed by atoms with Gasteiger partial charge in [-0.25, -0.2) is 0 Å². The number of benzene rings is 2. The molecule has 2 aromatic rings. The van der Waals surface area contributed by atoms with E-state index in [-0.39, 0.29) is 42.3 Å². The maximum atomic E-state index is 12.0. The second-order valence-electron chi connectivity index (χ2n) is 6.89. The average molecular weight is 457 g/mol. The van der Waals surface area contributed by atoms with Gasteiger partial charge in [0.2, 0.25) is 5.91 Å². The molecule has 0 saturated heterocycles. The van der Waals surface area contributed by atoms with Crippen LogP contribution in [0.25, 0.3) is 0 Å². The first-order chi connectivity index (χ1) is 15.7. The number of anilines is 2. The summed E-state index contributed by atoms with van der Waals surface area (Å²) in [5.74, 6) is -1.62. The minimum absolute atomic E-state index is 0.0294. The molecule has 0 atom stereocenters. The molecule has 2 rings (SSSR count). The van der Waals surface area contributed by atoms with Crippen LogP contribution in [0, 0.1) is 10.1 Å². The summed E-state index contributed by atoms with van der Waals surface area (Å²) < 4.78 is 9.83. The third-order valence-electron chi connectivity index (χ3n) is 4.38. The number of carbonyl (C=O) groups excluding carboxylic acids is 4. The number of Topliss-reactive ketones (excluding diaryl/α,β-unsaturated/α-hetero) is 1. The lowest BCUT2D eigenvalue weighted by Gasteiger charge is -2.09. The summed E-state index contributed by atoms with van der Waals surface area (Å²) >= 11 is 0. The number of esters is 1. The van der Waals surface area contributed by atoms with E-state index in [0.29, 0.717) is 17.0 Å². The summed E-state index contributed by atoms with van der Waals surface area (Å²) in [4.78, 5) is 57.7. The van der Waals surface area contributed by atoms with Gasteiger partial charge in [-0.1, -0.05) is 12.1 Å². The molecule has 0 aliphatic carbocycles. The van der Waals surface area contributed by atoms with Crippen molar-refractivity contribution in [3.8, 4) is 5.75 Å². The van der Waals surface area contributed by atoms with Crippen LogP contribution in [0.3, 0.4) is 0 Å². The van der Waals surface area contributed by atoms with Gasteiger partial charge in [0.25, 0.3) is 11.6 Å². The van der Waals surface area contributed by atoms with Crippen LogP contribution in [-0.4, -0.2) is 42.2 Å². The van der Waals surface area contributed by atoms with E-state index in [9.17, 15) is 29.3 Å². The number of nitro benzene ring substituents is 1. The predicted octanol–water partition coefficient (Wildman–Crippen LogP) is 3.10. The van der Waals surface area contributed by atoms with Gasteiger partial charge < -0.3 is 20.1 Å². The molecule has 174 valence electrons. The third kappa shape index (κ3) is 8.05. The monoisotopic (exact) mass is 457 g/mol. The number of ether oxygens (including phenoxy) is 2. The van der Waals surface area contributed by atoms with Gasteiger partial charge in [0.15, 0.2) is 12.4 Å². The van der Waals surface area contributed by atoms with E-state index in [4.69, 9.17) is 9.47 Å². The Hall–Kier alpha value is -4.28. The molecule has 0 aliphatic heterocycles. The Morgan fingerprint density at radius 1 is 1.00 bits per heavy atom. The molecule has 0 heterocycles. The van der Waals surface area contributed by atoms with Crippen molar-refractivity contribution in [2.45, 2.75) is 26.2 Å². The molecule has 0 saturated carbocycles. The zero-order valence-corrected chi connectivity index (χ0v) is 18.1. The van der Waals surface area contributed by atoms with Crippen molar-refractivity contribution in [3.63, 3.8) is 0 Å². The molecule has 0 spiro atoms. The van der Waals surface area contributed by atoms with Crippen molar-refractivity contribution in [3.05, 3.63) is 58.1 Å². The van der Waals surface area contributed by atoms with Crippen LogP contribution in [0.5, 0.6) is 5.75 Å². The summed E-state index contributed by atoms with van der Waals surface area (Å²) in [5, 5.41) is 16.0. The van der Waals surface area contributed by atoms with E-state index < -0.39 is 23.4 Å². The van der Waals surface area contributed by atoms with Crippen LogP contribution in [0.4, 0.5) is 17.1 Å². The number of nitro groups is 1. The first kappa shape index (κ1) is 25.0. The summed E-state index contributed by atoms with van der Waals surface area (Å²) in [6, 6.07) is 10.3. The highest BCUT2D eigenvalue weighted by atomic mass is 16.6. The first-order valence-corrected chi connectivity index (χ1v) is 9.88. The topological polar surface area (TPSA) is 154 Å². The van der Waals surface area contributed by atoms with Crippen molar-refractivity contribution in [1.82, 2.24) is 0 Å². The zero-order chi connectivity index (χ0) is 24.4. The van der Waals surface area contributed by atoms with Crippen molar-refractivity contribution in [2.75, 3.05) is 24.4 Å². The standard InChI is InChI=1S/C22H23N3O8/c1-14(26)15-5-3-6-16(11-15)23-20(27)7-4-8-22(29)33-13-21(28)24-18-12-17(32-2)9-10-19(18)25(30)31/h3,5-6,9-12H,4,7-8,13H2,1-2H3,(H,23,27)(H,24,28). The fourth-order valence-electron chi connectivity index (χ4n) is 2.74. The van der Waals surface area contributed by atoms with E-state index in [1.165, 1.54) is 32.2 Å². The summed E-state index contributed by atoms with van der Waals surface area (Å²) in [6.45, 7) is 0.780. The van der Waals surface area contributed by atoms with Crippen molar-refractivity contribution >= 4 is 40.6 Å². The van der Waals surface area contributed by atoms with Crippen LogP contribution in [0.1, 0.15) is 36.5 Å². The second kappa shape index (κ2) is 11.9. The Balaban J connectivity index is 1.75. The lowest BCUT2D eigenvalue weighted by atomic mass is 10.1. The number of hydrogen-bond donors (Lipinski definition) is 2. The molecular formula is C22H23N3O8. The van der Waals surface area contributed by atoms with Gasteiger partial charge in [0, 0.05) is 36.2 Å². The van der Waals surface area contributed by atoms with Crippen LogP contribution in [-0.2, 0) is 19.1 Å². The Morgan fingerprint density at radius 2 is 1.76 bits per heavy atom.